The molecule has 92 valence electrons. The predicted molar refractivity (Wildman–Crippen MR) is 60.6 cm³/mol. The van der Waals surface area contributed by atoms with E-state index in [-0.39, 0.29) is 29.0 Å². The molecular weight excluding hydrogens is 240 g/mol. The highest BCUT2D eigenvalue weighted by Crippen LogP contribution is 2.14. The Morgan fingerprint density at radius 3 is 2.78 bits per heavy atom. The molecule has 1 N–H and O–H groups in total. The van der Waals surface area contributed by atoms with Gasteiger partial charge in [-0.05, 0) is 17.7 Å². The van der Waals surface area contributed by atoms with Gasteiger partial charge in [-0.3, -0.25) is 9.59 Å². The molecule has 0 fully saturated rings. The molecule has 0 aliphatic heterocycles. The number of hydrogen-bond acceptors (Lipinski definition) is 2. The lowest BCUT2D eigenvalue weighted by Gasteiger charge is -2.02. The number of carbonyl (C=O) groups excluding carboxylic acids is 2. The summed E-state index contributed by atoms with van der Waals surface area (Å²) >= 11 is 0. The van der Waals surface area contributed by atoms with Crippen molar-refractivity contribution in [3.05, 3.63) is 58.9 Å². The number of halogens is 2. The molecule has 0 aliphatic rings. The van der Waals surface area contributed by atoms with Crippen LogP contribution < -0.4 is 0 Å². The van der Waals surface area contributed by atoms with Crippen molar-refractivity contribution in [1.82, 2.24) is 4.98 Å². The first-order chi connectivity index (χ1) is 8.61. The zero-order valence-corrected chi connectivity index (χ0v) is 9.24. The highest BCUT2D eigenvalue weighted by atomic mass is 19.2. The van der Waals surface area contributed by atoms with Crippen molar-refractivity contribution in [3.63, 3.8) is 0 Å². The number of carbonyl (C=O) groups is 2. The molecule has 18 heavy (non-hydrogen) atoms. The quantitative estimate of drug-likeness (QED) is 0.668. The van der Waals surface area contributed by atoms with Crippen LogP contribution in [0.2, 0.25) is 0 Å². The van der Waals surface area contributed by atoms with Gasteiger partial charge in [0.2, 0.25) is 0 Å². The van der Waals surface area contributed by atoms with Crippen LogP contribution in [-0.4, -0.2) is 17.1 Å². The average molecular weight is 249 g/mol. The lowest BCUT2D eigenvalue weighted by Crippen LogP contribution is -2.05. The lowest BCUT2D eigenvalue weighted by atomic mass is 10.0. The van der Waals surface area contributed by atoms with Gasteiger partial charge in [0.15, 0.2) is 23.7 Å². The predicted octanol–water partition coefficient (Wildman–Crippen LogP) is 2.53. The van der Waals surface area contributed by atoms with Crippen LogP contribution in [0.1, 0.15) is 26.4 Å². The number of benzene rings is 1. The van der Waals surface area contributed by atoms with Crippen LogP contribution in [0.15, 0.2) is 30.5 Å². The number of aldehydes is 1. The summed E-state index contributed by atoms with van der Waals surface area (Å²) in [6, 6.07) is 5.05. The molecule has 1 heterocycles. The number of aromatic amines is 1. The second kappa shape index (κ2) is 4.91. The maximum Gasteiger partial charge on any atom is 0.168 e. The van der Waals surface area contributed by atoms with Crippen molar-refractivity contribution in [2.75, 3.05) is 0 Å². The van der Waals surface area contributed by atoms with Crippen LogP contribution in [0.4, 0.5) is 8.78 Å². The number of rotatable bonds is 4. The summed E-state index contributed by atoms with van der Waals surface area (Å²) in [7, 11) is 0. The van der Waals surface area contributed by atoms with Crippen LogP contribution in [0, 0.1) is 11.6 Å². The van der Waals surface area contributed by atoms with Gasteiger partial charge >= 0.3 is 0 Å². The van der Waals surface area contributed by atoms with Gasteiger partial charge < -0.3 is 4.98 Å². The van der Waals surface area contributed by atoms with Gasteiger partial charge in [0, 0.05) is 18.2 Å². The smallest absolute Gasteiger partial charge is 0.168 e. The molecule has 1 aromatic carbocycles. The molecule has 0 spiro atoms. The lowest BCUT2D eigenvalue weighted by molar-refractivity contribution is 0.0991. The zero-order chi connectivity index (χ0) is 13.1. The molecule has 0 amide bonds. The monoisotopic (exact) mass is 249 g/mol. The average Bonchev–Trinajstić information content (AvgIpc) is 2.83. The summed E-state index contributed by atoms with van der Waals surface area (Å²) in [6.45, 7) is 0. The number of ketones is 1. The molecule has 0 aliphatic carbocycles. The maximum absolute atomic E-state index is 13.4. The van der Waals surface area contributed by atoms with E-state index in [9.17, 15) is 18.4 Å². The summed E-state index contributed by atoms with van der Waals surface area (Å²) in [6.07, 6.45) is 1.68. The van der Waals surface area contributed by atoms with Gasteiger partial charge in [-0.15, -0.1) is 0 Å². The van der Waals surface area contributed by atoms with Crippen LogP contribution in [0.25, 0.3) is 0 Å². The van der Waals surface area contributed by atoms with Crippen molar-refractivity contribution in [2.24, 2.45) is 0 Å². The van der Waals surface area contributed by atoms with E-state index in [4.69, 9.17) is 0 Å². The van der Waals surface area contributed by atoms with Gasteiger partial charge in [-0.25, -0.2) is 8.78 Å². The SMILES string of the molecule is O=Cc1cc(C(=O)Cc2cccc(F)c2F)c[nH]1. The molecule has 0 bridgehead atoms. The topological polar surface area (TPSA) is 49.9 Å². The summed E-state index contributed by atoms with van der Waals surface area (Å²) in [5.41, 5.74) is 0.521. The van der Waals surface area contributed by atoms with Crippen molar-refractivity contribution in [1.29, 1.82) is 0 Å². The Labute approximate surface area is 101 Å². The molecule has 0 saturated heterocycles. The number of H-pyrrole nitrogens is 1. The third-order valence-electron chi connectivity index (χ3n) is 2.54. The maximum atomic E-state index is 13.4. The van der Waals surface area contributed by atoms with Gasteiger partial charge in [-0.1, -0.05) is 12.1 Å². The van der Waals surface area contributed by atoms with Crippen molar-refractivity contribution >= 4 is 12.1 Å². The van der Waals surface area contributed by atoms with Crippen LogP contribution in [-0.2, 0) is 6.42 Å². The Morgan fingerprint density at radius 2 is 2.11 bits per heavy atom. The van der Waals surface area contributed by atoms with E-state index in [2.05, 4.69) is 4.98 Å². The fourth-order valence-electron chi connectivity index (χ4n) is 1.60. The van der Waals surface area contributed by atoms with Gasteiger partial charge in [0.05, 0.1) is 5.69 Å². The molecule has 1 aromatic heterocycles. The van der Waals surface area contributed by atoms with Crippen molar-refractivity contribution in [3.8, 4) is 0 Å². The molecule has 5 heteroatoms. The minimum Gasteiger partial charge on any atom is -0.358 e. The van der Waals surface area contributed by atoms with E-state index in [1.807, 2.05) is 0 Å². The molecule has 2 rings (SSSR count). The summed E-state index contributed by atoms with van der Waals surface area (Å²) in [5, 5.41) is 0. The minimum absolute atomic E-state index is 0.00569. The molecular formula is C13H9F2NO2. The fourth-order valence-corrected chi connectivity index (χ4v) is 1.60. The van der Waals surface area contributed by atoms with Gasteiger partial charge in [0.25, 0.3) is 0 Å². The highest BCUT2D eigenvalue weighted by Gasteiger charge is 2.14. The minimum atomic E-state index is -1.02. The van der Waals surface area contributed by atoms with Crippen molar-refractivity contribution < 1.29 is 18.4 Å². The fraction of sp³-hybridized carbons (Fsp3) is 0.0769. The third kappa shape index (κ3) is 2.34. The van der Waals surface area contributed by atoms with E-state index < -0.39 is 11.6 Å². The summed E-state index contributed by atoms with van der Waals surface area (Å²) in [4.78, 5) is 24.8. The van der Waals surface area contributed by atoms with E-state index in [0.29, 0.717) is 6.29 Å². The zero-order valence-electron chi connectivity index (χ0n) is 9.24. The summed E-state index contributed by atoms with van der Waals surface area (Å²) in [5.74, 6) is -2.39. The third-order valence-corrected chi connectivity index (χ3v) is 2.54. The molecule has 0 atom stereocenters. The summed E-state index contributed by atoms with van der Waals surface area (Å²) < 4.78 is 26.3. The number of hydrogen-bond donors (Lipinski definition) is 1. The van der Waals surface area contributed by atoms with Crippen LogP contribution in [0.5, 0.6) is 0 Å². The number of nitrogens with one attached hydrogen (secondary N) is 1. The van der Waals surface area contributed by atoms with E-state index in [1.165, 1.54) is 24.4 Å². The number of Topliss-reactive ketones (excluding diaryl/α,β-unsaturated/α-hetero) is 1. The molecule has 0 radical (unpaired) electrons. The molecule has 3 nitrogen and oxygen atoms in total. The first-order valence-corrected chi connectivity index (χ1v) is 5.21. The largest absolute Gasteiger partial charge is 0.358 e. The Hall–Kier alpha value is -2.30. The Bertz CT molecular complexity index is 605. The Kier molecular flexibility index (Phi) is 3.32. The molecule has 0 saturated carbocycles. The normalized spacial score (nSPS) is 10.3. The Morgan fingerprint density at radius 1 is 1.33 bits per heavy atom. The van der Waals surface area contributed by atoms with Gasteiger partial charge in [-0.2, -0.15) is 0 Å². The molecule has 2 aromatic rings. The highest BCUT2D eigenvalue weighted by molar-refractivity contribution is 5.98. The van der Waals surface area contributed by atoms with E-state index in [1.54, 1.807) is 0 Å². The second-order valence-electron chi connectivity index (χ2n) is 3.77. The van der Waals surface area contributed by atoms with E-state index in [0.717, 1.165) is 6.07 Å². The number of aromatic nitrogens is 1. The van der Waals surface area contributed by atoms with Crippen LogP contribution in [0.3, 0.4) is 0 Å². The molecule has 0 unspecified atom stereocenters. The van der Waals surface area contributed by atoms with E-state index >= 15 is 0 Å². The second-order valence-corrected chi connectivity index (χ2v) is 3.77. The van der Waals surface area contributed by atoms with Crippen molar-refractivity contribution in [2.45, 2.75) is 6.42 Å². The van der Waals surface area contributed by atoms with Gasteiger partial charge in [0.1, 0.15) is 0 Å². The first kappa shape index (κ1) is 12.2. The standard InChI is InChI=1S/C13H9F2NO2/c14-11-3-1-2-8(13(11)15)5-12(18)9-4-10(7-17)16-6-9/h1-4,6-7,16H,5H2. The van der Waals surface area contributed by atoms with Crippen LogP contribution >= 0.6 is 0 Å². The Balaban J connectivity index is 2.21. The first-order valence-electron chi connectivity index (χ1n) is 5.21.